The van der Waals surface area contributed by atoms with E-state index in [0.717, 1.165) is 45.4 Å². The lowest BCUT2D eigenvalue weighted by atomic mass is 10.0. The molecule has 1 heterocycles. The third-order valence-corrected chi connectivity index (χ3v) is 3.75. The standard InChI is InChI=1S/C12H21NO3/c1-9-8-13(6-3-7-16-9)11-5-2-4-10(11)12(14)15/h9-11H,2-8H2,1H3,(H,14,15). The van der Waals surface area contributed by atoms with Crippen LogP contribution < -0.4 is 0 Å². The summed E-state index contributed by atoms with van der Waals surface area (Å²) in [6.07, 6.45) is 4.17. The Hall–Kier alpha value is -0.610. The van der Waals surface area contributed by atoms with Crippen LogP contribution in [0.25, 0.3) is 0 Å². The fourth-order valence-electron chi connectivity index (χ4n) is 2.99. The maximum absolute atomic E-state index is 11.2. The second-order valence-corrected chi connectivity index (χ2v) is 4.97. The minimum absolute atomic E-state index is 0.162. The van der Waals surface area contributed by atoms with Crippen LogP contribution in [0.5, 0.6) is 0 Å². The van der Waals surface area contributed by atoms with Crippen LogP contribution in [0.1, 0.15) is 32.6 Å². The second kappa shape index (κ2) is 5.15. The van der Waals surface area contributed by atoms with Crippen LogP contribution >= 0.6 is 0 Å². The molecule has 2 fully saturated rings. The van der Waals surface area contributed by atoms with E-state index >= 15 is 0 Å². The average molecular weight is 227 g/mol. The van der Waals surface area contributed by atoms with Crippen LogP contribution in [0.4, 0.5) is 0 Å². The van der Waals surface area contributed by atoms with Crippen molar-refractivity contribution in [3.8, 4) is 0 Å². The minimum Gasteiger partial charge on any atom is -0.481 e. The molecule has 1 saturated carbocycles. The van der Waals surface area contributed by atoms with Crippen LogP contribution in [0.15, 0.2) is 0 Å². The van der Waals surface area contributed by atoms with Crippen molar-refractivity contribution in [3.63, 3.8) is 0 Å². The van der Waals surface area contributed by atoms with Crippen molar-refractivity contribution in [1.82, 2.24) is 4.90 Å². The molecule has 3 unspecified atom stereocenters. The SMILES string of the molecule is CC1CN(C2CCCC2C(=O)O)CCCO1. The molecule has 1 aliphatic carbocycles. The fourth-order valence-corrected chi connectivity index (χ4v) is 2.99. The molecule has 2 aliphatic rings. The molecular formula is C12H21NO3. The summed E-state index contributed by atoms with van der Waals surface area (Å²) in [7, 11) is 0. The number of hydrogen-bond donors (Lipinski definition) is 1. The van der Waals surface area contributed by atoms with Gasteiger partial charge in [0.2, 0.25) is 0 Å². The summed E-state index contributed by atoms with van der Waals surface area (Å²) in [5, 5.41) is 9.19. The summed E-state index contributed by atoms with van der Waals surface area (Å²) in [6.45, 7) is 4.75. The lowest BCUT2D eigenvalue weighted by molar-refractivity contribution is -0.143. The number of aliphatic carboxylic acids is 1. The molecule has 3 atom stereocenters. The first-order valence-electron chi connectivity index (χ1n) is 6.27. The summed E-state index contributed by atoms with van der Waals surface area (Å²) in [5.41, 5.74) is 0. The van der Waals surface area contributed by atoms with E-state index in [0.29, 0.717) is 0 Å². The highest BCUT2D eigenvalue weighted by molar-refractivity contribution is 5.71. The Bertz CT molecular complexity index is 257. The van der Waals surface area contributed by atoms with Gasteiger partial charge in [-0.1, -0.05) is 6.42 Å². The van der Waals surface area contributed by atoms with E-state index in [9.17, 15) is 9.90 Å². The molecule has 0 aromatic heterocycles. The molecule has 0 amide bonds. The Balaban J connectivity index is 2.01. The van der Waals surface area contributed by atoms with Gasteiger partial charge in [0.25, 0.3) is 0 Å². The monoisotopic (exact) mass is 227 g/mol. The van der Waals surface area contributed by atoms with Gasteiger partial charge in [-0.25, -0.2) is 0 Å². The van der Waals surface area contributed by atoms with E-state index in [1.54, 1.807) is 0 Å². The van der Waals surface area contributed by atoms with Crippen molar-refractivity contribution >= 4 is 5.97 Å². The number of ether oxygens (including phenoxy) is 1. The molecule has 1 aliphatic heterocycles. The summed E-state index contributed by atoms with van der Waals surface area (Å²) < 4.78 is 5.60. The highest BCUT2D eigenvalue weighted by Crippen LogP contribution is 2.31. The average Bonchev–Trinajstić information content (AvgIpc) is 2.62. The third-order valence-electron chi connectivity index (χ3n) is 3.75. The Morgan fingerprint density at radius 2 is 2.19 bits per heavy atom. The van der Waals surface area contributed by atoms with E-state index in [4.69, 9.17) is 4.74 Å². The molecule has 0 spiro atoms. The molecular weight excluding hydrogens is 206 g/mol. The molecule has 16 heavy (non-hydrogen) atoms. The summed E-state index contributed by atoms with van der Waals surface area (Å²) in [6, 6.07) is 0.238. The van der Waals surface area contributed by atoms with Crippen molar-refractivity contribution < 1.29 is 14.6 Å². The van der Waals surface area contributed by atoms with Gasteiger partial charge in [0.1, 0.15) is 0 Å². The van der Waals surface area contributed by atoms with Crippen LogP contribution in [-0.4, -0.2) is 47.8 Å². The highest BCUT2D eigenvalue weighted by Gasteiger charge is 2.37. The van der Waals surface area contributed by atoms with E-state index in [1.807, 2.05) is 0 Å². The van der Waals surface area contributed by atoms with Gasteiger partial charge in [-0.3, -0.25) is 9.69 Å². The van der Waals surface area contributed by atoms with E-state index in [2.05, 4.69) is 11.8 Å². The summed E-state index contributed by atoms with van der Waals surface area (Å²) in [4.78, 5) is 13.5. The third kappa shape index (κ3) is 2.55. The molecule has 2 rings (SSSR count). The Labute approximate surface area is 96.6 Å². The smallest absolute Gasteiger partial charge is 0.308 e. The fraction of sp³-hybridized carbons (Fsp3) is 0.917. The predicted molar refractivity (Wildman–Crippen MR) is 60.4 cm³/mol. The van der Waals surface area contributed by atoms with E-state index in [-0.39, 0.29) is 18.1 Å². The predicted octanol–water partition coefficient (Wildman–Crippen LogP) is 1.35. The van der Waals surface area contributed by atoms with Crippen molar-refractivity contribution in [1.29, 1.82) is 0 Å². The zero-order valence-corrected chi connectivity index (χ0v) is 9.89. The normalized spacial score (nSPS) is 37.2. The largest absolute Gasteiger partial charge is 0.481 e. The lowest BCUT2D eigenvalue weighted by Gasteiger charge is -2.31. The van der Waals surface area contributed by atoms with Gasteiger partial charge in [0, 0.05) is 25.7 Å². The number of carboxylic acid groups (broad SMARTS) is 1. The number of carbonyl (C=O) groups is 1. The van der Waals surface area contributed by atoms with Crippen LogP contribution in [0.2, 0.25) is 0 Å². The highest BCUT2D eigenvalue weighted by atomic mass is 16.5. The van der Waals surface area contributed by atoms with Gasteiger partial charge < -0.3 is 9.84 Å². The first kappa shape index (κ1) is 11.9. The topological polar surface area (TPSA) is 49.8 Å². The van der Waals surface area contributed by atoms with Gasteiger partial charge in [-0.2, -0.15) is 0 Å². The van der Waals surface area contributed by atoms with Crippen LogP contribution in [0, 0.1) is 5.92 Å². The lowest BCUT2D eigenvalue weighted by Crippen LogP contribution is -2.43. The number of rotatable bonds is 2. The Kier molecular flexibility index (Phi) is 3.82. The van der Waals surface area contributed by atoms with Crippen LogP contribution in [-0.2, 0) is 9.53 Å². The molecule has 0 bridgehead atoms. The molecule has 0 aromatic carbocycles. The van der Waals surface area contributed by atoms with Crippen molar-refractivity contribution in [2.45, 2.75) is 44.8 Å². The first-order chi connectivity index (χ1) is 7.68. The quantitative estimate of drug-likeness (QED) is 0.773. The van der Waals surface area contributed by atoms with Crippen molar-refractivity contribution in [3.05, 3.63) is 0 Å². The van der Waals surface area contributed by atoms with Gasteiger partial charge in [-0.15, -0.1) is 0 Å². The second-order valence-electron chi connectivity index (χ2n) is 4.97. The summed E-state index contributed by atoms with van der Waals surface area (Å²) >= 11 is 0. The summed E-state index contributed by atoms with van der Waals surface area (Å²) in [5.74, 6) is -0.786. The maximum atomic E-state index is 11.2. The number of carboxylic acids is 1. The van der Waals surface area contributed by atoms with Crippen molar-refractivity contribution in [2.24, 2.45) is 5.92 Å². The zero-order valence-electron chi connectivity index (χ0n) is 9.89. The van der Waals surface area contributed by atoms with Crippen LogP contribution in [0.3, 0.4) is 0 Å². The molecule has 0 radical (unpaired) electrons. The van der Waals surface area contributed by atoms with Gasteiger partial charge >= 0.3 is 5.97 Å². The Morgan fingerprint density at radius 1 is 1.38 bits per heavy atom. The van der Waals surface area contributed by atoms with Gasteiger partial charge in [-0.05, 0) is 26.2 Å². The minimum atomic E-state index is -0.625. The van der Waals surface area contributed by atoms with Gasteiger partial charge in [0.15, 0.2) is 0 Å². The number of hydrogen-bond acceptors (Lipinski definition) is 3. The molecule has 0 aromatic rings. The first-order valence-corrected chi connectivity index (χ1v) is 6.27. The number of nitrogens with zero attached hydrogens (tertiary/aromatic N) is 1. The molecule has 4 heteroatoms. The van der Waals surface area contributed by atoms with E-state index < -0.39 is 5.97 Å². The van der Waals surface area contributed by atoms with E-state index in [1.165, 1.54) is 0 Å². The maximum Gasteiger partial charge on any atom is 0.308 e. The molecule has 1 N–H and O–H groups in total. The molecule has 92 valence electrons. The van der Waals surface area contributed by atoms with Gasteiger partial charge in [0.05, 0.1) is 12.0 Å². The van der Waals surface area contributed by atoms with Crippen molar-refractivity contribution in [2.75, 3.05) is 19.7 Å². The molecule has 1 saturated heterocycles. The molecule has 4 nitrogen and oxygen atoms in total. The Morgan fingerprint density at radius 3 is 2.94 bits per heavy atom. The zero-order chi connectivity index (χ0) is 11.5.